The van der Waals surface area contributed by atoms with Gasteiger partial charge in [0.2, 0.25) is 10.0 Å². The molecular formula is C15H15N3O2S. The number of anilines is 1. The van der Waals surface area contributed by atoms with E-state index in [2.05, 4.69) is 9.71 Å². The van der Waals surface area contributed by atoms with Gasteiger partial charge in [0.1, 0.15) is 0 Å². The molecule has 5 nitrogen and oxygen atoms in total. The van der Waals surface area contributed by atoms with E-state index in [1.807, 2.05) is 12.1 Å². The predicted molar refractivity (Wildman–Crippen MR) is 81.2 cm³/mol. The molecule has 0 radical (unpaired) electrons. The third-order valence-electron chi connectivity index (χ3n) is 2.99. The smallest absolute Gasteiger partial charge is 0.233 e. The maximum Gasteiger partial charge on any atom is 0.233 e. The lowest BCUT2D eigenvalue weighted by molar-refractivity contribution is 0.600. The second-order valence-corrected chi connectivity index (χ2v) is 6.48. The lowest BCUT2D eigenvalue weighted by Gasteiger charge is -2.10. The molecule has 0 aliphatic heterocycles. The molecular weight excluding hydrogens is 286 g/mol. The van der Waals surface area contributed by atoms with Crippen LogP contribution in [0.2, 0.25) is 0 Å². The largest absolute Gasteiger partial charge is 0.283 e. The molecule has 1 N–H and O–H groups in total. The van der Waals surface area contributed by atoms with Gasteiger partial charge in [-0.2, -0.15) is 5.26 Å². The van der Waals surface area contributed by atoms with Gasteiger partial charge in [-0.15, -0.1) is 0 Å². The Kier molecular flexibility index (Phi) is 4.55. The van der Waals surface area contributed by atoms with Crippen molar-refractivity contribution in [2.45, 2.75) is 13.3 Å². The van der Waals surface area contributed by atoms with Crippen molar-refractivity contribution in [2.75, 3.05) is 10.5 Å². The van der Waals surface area contributed by atoms with Gasteiger partial charge < -0.3 is 0 Å². The van der Waals surface area contributed by atoms with Crippen LogP contribution < -0.4 is 4.72 Å². The van der Waals surface area contributed by atoms with Gasteiger partial charge >= 0.3 is 0 Å². The van der Waals surface area contributed by atoms with E-state index in [9.17, 15) is 8.42 Å². The molecule has 0 saturated carbocycles. The second kappa shape index (κ2) is 6.37. The minimum atomic E-state index is -3.48. The summed E-state index contributed by atoms with van der Waals surface area (Å²) >= 11 is 0. The number of pyridine rings is 1. The van der Waals surface area contributed by atoms with Gasteiger partial charge in [0.15, 0.2) is 0 Å². The van der Waals surface area contributed by atoms with E-state index in [1.165, 1.54) is 6.07 Å². The van der Waals surface area contributed by atoms with E-state index in [-0.39, 0.29) is 5.75 Å². The zero-order valence-corrected chi connectivity index (χ0v) is 12.4. The van der Waals surface area contributed by atoms with Crippen LogP contribution in [0.1, 0.15) is 16.8 Å². The monoisotopic (exact) mass is 301 g/mol. The van der Waals surface area contributed by atoms with Gasteiger partial charge in [-0.25, -0.2) is 8.42 Å². The summed E-state index contributed by atoms with van der Waals surface area (Å²) in [4.78, 5) is 4.10. The molecule has 2 rings (SSSR count). The first-order valence-electron chi connectivity index (χ1n) is 6.41. The van der Waals surface area contributed by atoms with Crippen LogP contribution in [0.3, 0.4) is 0 Å². The van der Waals surface area contributed by atoms with Crippen molar-refractivity contribution in [3.8, 4) is 6.07 Å². The first-order valence-corrected chi connectivity index (χ1v) is 8.06. The van der Waals surface area contributed by atoms with Crippen molar-refractivity contribution < 1.29 is 8.42 Å². The Balaban J connectivity index is 2.09. The van der Waals surface area contributed by atoms with Gasteiger partial charge in [-0.05, 0) is 36.8 Å². The SMILES string of the molecule is Cc1ccc(C#N)cc1NS(=O)(=O)CCc1ccccn1. The summed E-state index contributed by atoms with van der Waals surface area (Å²) in [6, 6.07) is 12.3. The number of nitrogens with zero attached hydrogens (tertiary/aromatic N) is 2. The van der Waals surface area contributed by atoms with E-state index >= 15 is 0 Å². The van der Waals surface area contributed by atoms with E-state index in [1.54, 1.807) is 37.4 Å². The third kappa shape index (κ3) is 4.29. The number of nitriles is 1. The molecule has 0 aliphatic rings. The molecule has 0 unspecified atom stereocenters. The molecule has 0 aliphatic carbocycles. The molecule has 0 bridgehead atoms. The second-order valence-electron chi connectivity index (χ2n) is 4.63. The standard InChI is InChI=1S/C15H15N3O2S/c1-12-5-6-13(11-16)10-15(12)18-21(19,20)9-7-14-4-2-3-8-17-14/h2-6,8,10,18H,7,9H2,1H3. The summed E-state index contributed by atoms with van der Waals surface area (Å²) in [5, 5.41) is 8.87. The van der Waals surface area contributed by atoms with Crippen molar-refractivity contribution in [1.82, 2.24) is 4.98 Å². The molecule has 6 heteroatoms. The van der Waals surface area contributed by atoms with Crippen molar-refractivity contribution >= 4 is 15.7 Å². The average molecular weight is 301 g/mol. The lowest BCUT2D eigenvalue weighted by Crippen LogP contribution is -2.19. The minimum absolute atomic E-state index is 0.0553. The molecule has 0 saturated heterocycles. The number of benzene rings is 1. The number of nitrogens with one attached hydrogen (secondary N) is 1. The van der Waals surface area contributed by atoms with Crippen molar-refractivity contribution in [1.29, 1.82) is 5.26 Å². The predicted octanol–water partition coefficient (Wildman–Crippen LogP) is 2.25. The fourth-order valence-corrected chi connectivity index (χ4v) is 2.94. The first kappa shape index (κ1) is 15.0. The van der Waals surface area contributed by atoms with Crippen LogP contribution in [0, 0.1) is 18.3 Å². The zero-order chi connectivity index (χ0) is 15.3. The number of sulfonamides is 1. The number of rotatable bonds is 5. The fourth-order valence-electron chi connectivity index (χ4n) is 1.81. The first-order chi connectivity index (χ1) is 10.00. The molecule has 0 spiro atoms. The van der Waals surface area contributed by atoms with Crippen LogP contribution in [-0.2, 0) is 16.4 Å². The van der Waals surface area contributed by atoms with Crippen LogP contribution in [0.25, 0.3) is 0 Å². The van der Waals surface area contributed by atoms with Gasteiger partial charge in [0, 0.05) is 18.3 Å². The topological polar surface area (TPSA) is 82.9 Å². The number of aryl methyl sites for hydroxylation is 2. The van der Waals surface area contributed by atoms with E-state index in [0.29, 0.717) is 17.7 Å². The normalized spacial score (nSPS) is 10.9. The van der Waals surface area contributed by atoms with Crippen LogP contribution in [0.4, 0.5) is 5.69 Å². The maximum atomic E-state index is 12.1. The van der Waals surface area contributed by atoms with Crippen LogP contribution >= 0.6 is 0 Å². The van der Waals surface area contributed by atoms with Gasteiger partial charge in [-0.3, -0.25) is 9.71 Å². The van der Waals surface area contributed by atoms with Crippen molar-refractivity contribution in [2.24, 2.45) is 0 Å². The maximum absolute atomic E-state index is 12.1. The van der Waals surface area contributed by atoms with Crippen molar-refractivity contribution in [3.63, 3.8) is 0 Å². The number of hydrogen-bond donors (Lipinski definition) is 1. The summed E-state index contributed by atoms with van der Waals surface area (Å²) < 4.78 is 26.7. The number of hydrogen-bond acceptors (Lipinski definition) is 4. The van der Waals surface area contributed by atoms with Gasteiger partial charge in [0.25, 0.3) is 0 Å². The molecule has 108 valence electrons. The molecule has 2 aromatic rings. The van der Waals surface area contributed by atoms with Gasteiger partial charge in [-0.1, -0.05) is 12.1 Å². The lowest BCUT2D eigenvalue weighted by atomic mass is 10.1. The van der Waals surface area contributed by atoms with Gasteiger partial charge in [0.05, 0.1) is 23.1 Å². The van der Waals surface area contributed by atoms with E-state index in [0.717, 1.165) is 11.3 Å². The van der Waals surface area contributed by atoms with E-state index < -0.39 is 10.0 Å². The summed E-state index contributed by atoms with van der Waals surface area (Å²) in [7, 11) is -3.48. The molecule has 21 heavy (non-hydrogen) atoms. The highest BCUT2D eigenvalue weighted by Crippen LogP contribution is 2.18. The Morgan fingerprint density at radius 3 is 2.76 bits per heavy atom. The Labute approximate surface area is 124 Å². The molecule has 1 heterocycles. The highest BCUT2D eigenvalue weighted by atomic mass is 32.2. The zero-order valence-electron chi connectivity index (χ0n) is 11.6. The van der Waals surface area contributed by atoms with Crippen molar-refractivity contribution in [3.05, 3.63) is 59.4 Å². The molecule has 0 amide bonds. The molecule has 1 aromatic heterocycles. The molecule has 1 aromatic carbocycles. The fraction of sp³-hybridized carbons (Fsp3) is 0.200. The Morgan fingerprint density at radius 2 is 2.10 bits per heavy atom. The van der Waals surface area contributed by atoms with E-state index in [4.69, 9.17) is 5.26 Å². The summed E-state index contributed by atoms with van der Waals surface area (Å²) in [6.45, 7) is 1.79. The summed E-state index contributed by atoms with van der Waals surface area (Å²) in [6.07, 6.45) is 1.98. The Hall–Kier alpha value is -2.39. The molecule has 0 atom stereocenters. The van der Waals surface area contributed by atoms with Crippen LogP contribution in [0.5, 0.6) is 0 Å². The molecule has 0 fully saturated rings. The number of aromatic nitrogens is 1. The Bertz CT molecular complexity index is 765. The minimum Gasteiger partial charge on any atom is -0.283 e. The highest BCUT2D eigenvalue weighted by Gasteiger charge is 2.13. The summed E-state index contributed by atoms with van der Waals surface area (Å²) in [5.41, 5.74) is 2.36. The quantitative estimate of drug-likeness (QED) is 0.918. The van der Waals surface area contributed by atoms with Crippen LogP contribution in [0.15, 0.2) is 42.6 Å². The highest BCUT2D eigenvalue weighted by molar-refractivity contribution is 7.92. The summed E-state index contributed by atoms with van der Waals surface area (Å²) in [5.74, 6) is -0.0553. The Morgan fingerprint density at radius 1 is 1.29 bits per heavy atom. The third-order valence-corrected chi connectivity index (χ3v) is 4.26. The van der Waals surface area contributed by atoms with Crippen LogP contribution in [-0.4, -0.2) is 19.2 Å². The average Bonchev–Trinajstić information content (AvgIpc) is 2.48.